The fraction of sp³-hybridized carbons (Fsp3) is 0. The third kappa shape index (κ3) is 2.24. The van der Waals surface area contributed by atoms with Crippen molar-refractivity contribution in [2.24, 2.45) is 0 Å². The Morgan fingerprint density at radius 3 is 2.53 bits per heavy atom. The molecule has 2 aromatic carbocycles. The minimum absolute atomic E-state index is 0.641. The van der Waals surface area contributed by atoms with E-state index in [1.54, 1.807) is 6.07 Å². The number of benzene rings is 2. The summed E-state index contributed by atoms with van der Waals surface area (Å²) in [5, 5.41) is 8.91. The van der Waals surface area contributed by atoms with E-state index in [2.05, 4.69) is 16.0 Å². The fourth-order valence-electron chi connectivity index (χ4n) is 1.96. The summed E-state index contributed by atoms with van der Waals surface area (Å²) in [7, 11) is 0. The molecule has 1 aromatic heterocycles. The molecule has 3 rings (SSSR count). The first kappa shape index (κ1) is 11.2. The minimum atomic E-state index is 0.641. The molecule has 3 nitrogen and oxygen atoms in total. The molecule has 0 aliphatic rings. The number of hydrogen-bond acceptors (Lipinski definition) is 2. The maximum Gasteiger partial charge on any atom is 0.138 e. The smallest absolute Gasteiger partial charge is 0.138 e. The maximum absolute atomic E-state index is 8.91. The second-order valence-electron chi connectivity index (χ2n) is 4.19. The van der Waals surface area contributed by atoms with E-state index in [-0.39, 0.29) is 0 Å². The van der Waals surface area contributed by atoms with Crippen LogP contribution < -0.4 is 0 Å². The number of nitrogens with one attached hydrogen (secondary N) is 1. The first-order valence-electron chi connectivity index (χ1n) is 5.98. The van der Waals surface area contributed by atoms with Crippen LogP contribution in [0.2, 0.25) is 0 Å². The van der Waals surface area contributed by atoms with Gasteiger partial charge in [0.2, 0.25) is 0 Å². The lowest BCUT2D eigenvalue weighted by atomic mass is 10.1. The molecule has 3 aromatic rings. The lowest BCUT2D eigenvalue weighted by molar-refractivity contribution is 1.31. The highest BCUT2D eigenvalue weighted by atomic mass is 14.9. The summed E-state index contributed by atoms with van der Waals surface area (Å²) < 4.78 is 0. The number of hydrogen-bond donors (Lipinski definition) is 1. The molecule has 0 spiro atoms. The molecule has 3 heteroatoms. The third-order valence-corrected chi connectivity index (χ3v) is 2.91. The Bertz CT molecular complexity index is 736. The Hall–Kier alpha value is -2.86. The van der Waals surface area contributed by atoms with E-state index in [0.29, 0.717) is 5.56 Å². The number of nitrogens with zero attached hydrogens (tertiary/aromatic N) is 2. The first-order valence-corrected chi connectivity index (χ1v) is 5.98. The number of aromatic amines is 1. The van der Waals surface area contributed by atoms with Gasteiger partial charge in [-0.3, -0.25) is 0 Å². The van der Waals surface area contributed by atoms with Crippen LogP contribution in [-0.2, 0) is 0 Å². The van der Waals surface area contributed by atoms with Gasteiger partial charge < -0.3 is 4.98 Å². The maximum atomic E-state index is 8.91. The second-order valence-corrected chi connectivity index (χ2v) is 4.19. The molecule has 0 aliphatic carbocycles. The highest BCUT2D eigenvalue weighted by Crippen LogP contribution is 2.22. The monoisotopic (exact) mass is 245 g/mol. The average Bonchev–Trinajstić information content (AvgIpc) is 2.98. The zero-order valence-electron chi connectivity index (χ0n) is 10.2. The van der Waals surface area contributed by atoms with Crippen LogP contribution in [0.1, 0.15) is 5.56 Å². The van der Waals surface area contributed by atoms with Crippen LogP contribution in [0.15, 0.2) is 60.8 Å². The summed E-state index contributed by atoms with van der Waals surface area (Å²) >= 11 is 0. The molecule has 1 heterocycles. The molecule has 0 unspecified atom stereocenters. The van der Waals surface area contributed by atoms with Crippen LogP contribution in [-0.4, -0.2) is 9.97 Å². The van der Waals surface area contributed by atoms with Gasteiger partial charge in [-0.1, -0.05) is 42.5 Å². The predicted octanol–water partition coefficient (Wildman–Crippen LogP) is 3.62. The van der Waals surface area contributed by atoms with Gasteiger partial charge in [0, 0.05) is 17.3 Å². The van der Waals surface area contributed by atoms with Gasteiger partial charge in [-0.15, -0.1) is 0 Å². The number of H-pyrrole nitrogens is 1. The summed E-state index contributed by atoms with van der Waals surface area (Å²) in [6.45, 7) is 0. The SMILES string of the molecule is N#Cc1cccc(-c2c[nH]c(-c3ccccc3)n2)c1. The van der Waals surface area contributed by atoms with Gasteiger partial charge in [0.05, 0.1) is 17.3 Å². The van der Waals surface area contributed by atoms with Crippen molar-refractivity contribution in [3.05, 3.63) is 66.4 Å². The molecule has 0 fully saturated rings. The normalized spacial score (nSPS) is 10.1. The van der Waals surface area contributed by atoms with Gasteiger partial charge in [0.25, 0.3) is 0 Å². The van der Waals surface area contributed by atoms with Gasteiger partial charge in [-0.2, -0.15) is 5.26 Å². The molecule has 0 saturated carbocycles. The molecule has 0 atom stereocenters. The zero-order chi connectivity index (χ0) is 13.1. The van der Waals surface area contributed by atoms with Crippen molar-refractivity contribution in [3.8, 4) is 28.7 Å². The van der Waals surface area contributed by atoms with E-state index >= 15 is 0 Å². The topological polar surface area (TPSA) is 52.5 Å². The standard InChI is InChI=1S/C16H11N3/c17-10-12-5-4-8-14(9-12)15-11-18-16(19-15)13-6-2-1-3-7-13/h1-9,11H,(H,18,19). The molecule has 0 saturated heterocycles. The molecular weight excluding hydrogens is 234 g/mol. The quantitative estimate of drug-likeness (QED) is 0.749. The Balaban J connectivity index is 2.00. The molecule has 0 aliphatic heterocycles. The molecule has 90 valence electrons. The van der Waals surface area contributed by atoms with Crippen LogP contribution in [0.5, 0.6) is 0 Å². The van der Waals surface area contributed by atoms with Crippen LogP contribution in [0.25, 0.3) is 22.6 Å². The summed E-state index contributed by atoms with van der Waals surface area (Å²) in [4.78, 5) is 7.73. The van der Waals surface area contributed by atoms with Crippen molar-refractivity contribution >= 4 is 0 Å². The summed E-state index contributed by atoms with van der Waals surface area (Å²) in [6, 6.07) is 19.5. The molecule has 19 heavy (non-hydrogen) atoms. The van der Waals surface area contributed by atoms with Crippen LogP contribution in [0.4, 0.5) is 0 Å². The fourth-order valence-corrected chi connectivity index (χ4v) is 1.96. The minimum Gasteiger partial charge on any atom is -0.344 e. The molecule has 0 amide bonds. The first-order chi connectivity index (χ1) is 9.36. The van der Waals surface area contributed by atoms with Gasteiger partial charge in [0.15, 0.2) is 0 Å². The van der Waals surface area contributed by atoms with Crippen molar-refractivity contribution in [2.45, 2.75) is 0 Å². The lowest BCUT2D eigenvalue weighted by Crippen LogP contribution is -1.81. The molecular formula is C16H11N3. The van der Waals surface area contributed by atoms with Crippen molar-refractivity contribution in [1.29, 1.82) is 5.26 Å². The average molecular weight is 245 g/mol. The number of aromatic nitrogens is 2. The van der Waals surface area contributed by atoms with Crippen LogP contribution in [0.3, 0.4) is 0 Å². The van der Waals surface area contributed by atoms with Gasteiger partial charge >= 0.3 is 0 Å². The lowest BCUT2D eigenvalue weighted by Gasteiger charge is -1.97. The predicted molar refractivity (Wildman–Crippen MR) is 74.2 cm³/mol. The largest absolute Gasteiger partial charge is 0.344 e. The highest BCUT2D eigenvalue weighted by molar-refractivity contribution is 5.65. The highest BCUT2D eigenvalue weighted by Gasteiger charge is 2.06. The number of imidazole rings is 1. The summed E-state index contributed by atoms with van der Waals surface area (Å²) in [5.74, 6) is 0.831. The molecule has 0 radical (unpaired) electrons. The Kier molecular flexibility index (Phi) is 2.83. The Morgan fingerprint density at radius 2 is 1.74 bits per heavy atom. The molecule has 1 N–H and O–H groups in total. The van der Waals surface area contributed by atoms with Gasteiger partial charge in [-0.25, -0.2) is 4.98 Å². The number of nitriles is 1. The van der Waals surface area contributed by atoms with Crippen molar-refractivity contribution in [3.63, 3.8) is 0 Å². The van der Waals surface area contributed by atoms with E-state index in [9.17, 15) is 0 Å². The van der Waals surface area contributed by atoms with Crippen molar-refractivity contribution in [1.82, 2.24) is 9.97 Å². The van der Waals surface area contributed by atoms with Crippen LogP contribution in [0, 0.1) is 11.3 Å². The Morgan fingerprint density at radius 1 is 0.947 bits per heavy atom. The van der Waals surface area contributed by atoms with Crippen molar-refractivity contribution in [2.75, 3.05) is 0 Å². The van der Waals surface area contributed by atoms with E-state index in [1.807, 2.05) is 54.7 Å². The molecule has 0 bridgehead atoms. The zero-order valence-corrected chi connectivity index (χ0v) is 10.2. The van der Waals surface area contributed by atoms with Gasteiger partial charge in [0.1, 0.15) is 5.82 Å². The van der Waals surface area contributed by atoms with E-state index in [1.165, 1.54) is 0 Å². The van der Waals surface area contributed by atoms with E-state index in [4.69, 9.17) is 5.26 Å². The van der Waals surface area contributed by atoms with Crippen molar-refractivity contribution < 1.29 is 0 Å². The summed E-state index contributed by atoms with van der Waals surface area (Å²) in [6.07, 6.45) is 1.86. The van der Waals surface area contributed by atoms with Gasteiger partial charge in [-0.05, 0) is 12.1 Å². The van der Waals surface area contributed by atoms with Crippen LogP contribution >= 0.6 is 0 Å². The third-order valence-electron chi connectivity index (χ3n) is 2.91. The number of rotatable bonds is 2. The second kappa shape index (κ2) is 4.79. The Labute approximate surface area is 111 Å². The van der Waals surface area contributed by atoms with E-state index in [0.717, 1.165) is 22.6 Å². The van der Waals surface area contributed by atoms with E-state index < -0.39 is 0 Å². The summed E-state index contributed by atoms with van der Waals surface area (Å²) in [5.41, 5.74) is 3.47.